The van der Waals surface area contributed by atoms with Crippen LogP contribution in [0.3, 0.4) is 0 Å². The third-order valence-corrected chi connectivity index (χ3v) is 13.8. The molecule has 1 aliphatic heterocycles. The molecule has 5 rings (SSSR count). The van der Waals surface area contributed by atoms with Crippen molar-refractivity contribution in [3.05, 3.63) is 0 Å². The van der Waals surface area contributed by atoms with Crippen LogP contribution >= 0.6 is 0 Å². The van der Waals surface area contributed by atoms with Gasteiger partial charge in [0.15, 0.2) is 0 Å². The molecular formula is C34H56O6. The molecule has 11 atom stereocenters. The van der Waals surface area contributed by atoms with Gasteiger partial charge in [-0.2, -0.15) is 0 Å². The molecule has 0 aromatic heterocycles. The zero-order valence-corrected chi connectivity index (χ0v) is 26.9. The number of fused-ring (bicyclic) bond motifs is 5. The van der Waals surface area contributed by atoms with Crippen molar-refractivity contribution in [1.82, 2.24) is 0 Å². The zero-order valence-electron chi connectivity index (χ0n) is 26.9. The van der Waals surface area contributed by atoms with E-state index >= 15 is 0 Å². The van der Waals surface area contributed by atoms with Gasteiger partial charge in [0.05, 0.1) is 17.3 Å². The molecule has 0 radical (unpaired) electrons. The van der Waals surface area contributed by atoms with E-state index in [-0.39, 0.29) is 69.3 Å². The monoisotopic (exact) mass is 560 g/mol. The highest BCUT2D eigenvalue weighted by atomic mass is 16.6. The maximum Gasteiger partial charge on any atom is 0.302 e. The van der Waals surface area contributed by atoms with E-state index in [0.29, 0.717) is 11.8 Å². The Balaban J connectivity index is 1.52. The predicted octanol–water partition coefficient (Wildman–Crippen LogP) is 6.85. The van der Waals surface area contributed by atoms with Crippen LogP contribution in [0.25, 0.3) is 0 Å². The molecule has 4 unspecified atom stereocenters. The highest BCUT2D eigenvalue weighted by Crippen LogP contribution is 2.76. The summed E-state index contributed by atoms with van der Waals surface area (Å²) >= 11 is 0. The van der Waals surface area contributed by atoms with Crippen LogP contribution in [0.5, 0.6) is 0 Å². The molecule has 228 valence electrons. The lowest BCUT2D eigenvalue weighted by molar-refractivity contribution is -0.254. The van der Waals surface area contributed by atoms with Gasteiger partial charge >= 0.3 is 11.9 Å². The van der Waals surface area contributed by atoms with Gasteiger partial charge in [-0.3, -0.25) is 9.59 Å². The molecule has 0 aromatic rings. The molecule has 1 saturated heterocycles. The van der Waals surface area contributed by atoms with E-state index in [4.69, 9.17) is 14.2 Å². The first-order valence-corrected chi connectivity index (χ1v) is 16.0. The lowest BCUT2D eigenvalue weighted by Crippen LogP contribution is -2.67. The van der Waals surface area contributed by atoms with Crippen LogP contribution in [0.4, 0.5) is 0 Å². The van der Waals surface area contributed by atoms with Gasteiger partial charge in [0, 0.05) is 25.2 Å². The fraction of sp³-hybridized carbons (Fsp3) is 0.941. The van der Waals surface area contributed by atoms with Crippen molar-refractivity contribution < 1.29 is 28.9 Å². The van der Waals surface area contributed by atoms with Crippen molar-refractivity contribution in [2.24, 2.45) is 45.3 Å². The molecule has 5 aliphatic rings. The summed E-state index contributed by atoms with van der Waals surface area (Å²) < 4.78 is 19.0. The second-order valence-electron chi connectivity index (χ2n) is 16.6. The van der Waals surface area contributed by atoms with Gasteiger partial charge in [0.1, 0.15) is 12.2 Å². The van der Waals surface area contributed by atoms with Crippen LogP contribution < -0.4 is 0 Å². The van der Waals surface area contributed by atoms with Crippen molar-refractivity contribution >= 4 is 11.9 Å². The van der Waals surface area contributed by atoms with E-state index < -0.39 is 5.60 Å². The lowest BCUT2D eigenvalue weighted by atomic mass is 9.35. The minimum Gasteiger partial charge on any atom is -0.462 e. The molecule has 40 heavy (non-hydrogen) atoms. The van der Waals surface area contributed by atoms with Crippen molar-refractivity contribution in [2.45, 2.75) is 157 Å². The van der Waals surface area contributed by atoms with E-state index in [2.05, 4.69) is 41.5 Å². The van der Waals surface area contributed by atoms with Crippen LogP contribution in [0.15, 0.2) is 0 Å². The maximum absolute atomic E-state index is 12.6. The third-order valence-electron chi connectivity index (χ3n) is 13.8. The van der Waals surface area contributed by atoms with Crippen molar-refractivity contribution in [3.63, 3.8) is 0 Å². The number of carbonyl (C=O) groups is 2. The SMILES string of the molecule is CC(=O)OC1CC[C@@]2(C)C(CC[C@]3(C)C2C[C@@H](OC(C)=O)C2[C@@H]([C@@]4(C)CC[C@@H](C(C)(C)O)O4)CC[C@]23C)C1(C)C. The number of aliphatic hydroxyl groups is 1. The molecule has 0 spiro atoms. The Hall–Kier alpha value is -1.14. The number of carbonyl (C=O) groups excluding carboxylic acids is 2. The Bertz CT molecular complexity index is 1030. The van der Waals surface area contributed by atoms with Crippen molar-refractivity contribution in [2.75, 3.05) is 0 Å². The van der Waals surface area contributed by atoms with Crippen LogP contribution in [0.2, 0.25) is 0 Å². The second kappa shape index (κ2) is 9.43. The summed E-state index contributed by atoms with van der Waals surface area (Å²) in [5, 5.41) is 10.8. The summed E-state index contributed by atoms with van der Waals surface area (Å²) in [7, 11) is 0. The van der Waals surface area contributed by atoms with Gasteiger partial charge in [-0.15, -0.1) is 0 Å². The summed E-state index contributed by atoms with van der Waals surface area (Å²) in [6, 6.07) is 0. The Morgan fingerprint density at radius 3 is 2.00 bits per heavy atom. The molecular weight excluding hydrogens is 504 g/mol. The van der Waals surface area contributed by atoms with Crippen molar-refractivity contribution in [3.8, 4) is 0 Å². The van der Waals surface area contributed by atoms with Crippen LogP contribution in [0.1, 0.15) is 127 Å². The van der Waals surface area contributed by atoms with Gasteiger partial charge < -0.3 is 19.3 Å². The number of hydrogen-bond donors (Lipinski definition) is 1. The first kappa shape index (κ1) is 30.3. The van der Waals surface area contributed by atoms with E-state index in [9.17, 15) is 14.7 Å². The highest BCUT2D eigenvalue weighted by molar-refractivity contribution is 5.66. The second-order valence-corrected chi connectivity index (χ2v) is 16.6. The molecule has 6 heteroatoms. The van der Waals surface area contributed by atoms with Crippen LogP contribution in [-0.2, 0) is 23.8 Å². The van der Waals surface area contributed by atoms with Gasteiger partial charge in [-0.05, 0) is 113 Å². The highest BCUT2D eigenvalue weighted by Gasteiger charge is 2.72. The average molecular weight is 561 g/mol. The third kappa shape index (κ3) is 4.31. The van der Waals surface area contributed by atoms with Crippen molar-refractivity contribution in [1.29, 1.82) is 0 Å². The molecule has 1 heterocycles. The summed E-state index contributed by atoms with van der Waals surface area (Å²) in [6.07, 6.45) is 8.68. The summed E-state index contributed by atoms with van der Waals surface area (Å²) in [6.45, 7) is 21.2. The smallest absolute Gasteiger partial charge is 0.302 e. The fourth-order valence-electron chi connectivity index (χ4n) is 11.8. The quantitative estimate of drug-likeness (QED) is 0.379. The number of ether oxygens (including phenoxy) is 3. The zero-order chi connectivity index (χ0) is 29.7. The number of rotatable bonds is 4. The molecule has 4 saturated carbocycles. The number of esters is 2. The van der Waals surface area contributed by atoms with E-state index in [1.54, 1.807) is 6.92 Å². The van der Waals surface area contributed by atoms with Crippen LogP contribution in [0, 0.1) is 45.3 Å². The van der Waals surface area contributed by atoms with Gasteiger partial charge in [-0.25, -0.2) is 0 Å². The largest absolute Gasteiger partial charge is 0.462 e. The van der Waals surface area contributed by atoms with E-state index in [1.807, 2.05) is 13.8 Å². The van der Waals surface area contributed by atoms with E-state index in [1.165, 1.54) is 6.92 Å². The van der Waals surface area contributed by atoms with E-state index in [0.717, 1.165) is 57.8 Å². The molecule has 0 bridgehead atoms. The Labute approximate surface area is 242 Å². The molecule has 5 fully saturated rings. The summed E-state index contributed by atoms with van der Waals surface area (Å²) in [4.78, 5) is 24.6. The molecule has 0 amide bonds. The lowest BCUT2D eigenvalue weighted by Gasteiger charge is -2.70. The summed E-state index contributed by atoms with van der Waals surface area (Å²) in [5.41, 5.74) is -1.10. The standard InChI is InChI=1S/C34H56O6/c1-20(35)38-23-19-25-31(7)15-13-26(39-21(2)36)29(3,4)24(31)12-17-32(25,8)33(9)16-11-22(28(23)33)34(10)18-14-27(40-34)30(5,6)37/h22-28,37H,11-19H2,1-10H3/t22-,23+,24?,25?,26?,27-,28?,31-,32+,33+,34+/m0/s1. The predicted molar refractivity (Wildman–Crippen MR) is 154 cm³/mol. The first-order chi connectivity index (χ1) is 18.3. The fourth-order valence-corrected chi connectivity index (χ4v) is 11.8. The Morgan fingerprint density at radius 1 is 0.800 bits per heavy atom. The average Bonchev–Trinajstić information content (AvgIpc) is 3.39. The maximum atomic E-state index is 12.6. The molecule has 1 N–H and O–H groups in total. The normalized spacial score (nSPS) is 49.9. The van der Waals surface area contributed by atoms with Gasteiger partial charge in [0.25, 0.3) is 0 Å². The van der Waals surface area contributed by atoms with Gasteiger partial charge in [0.2, 0.25) is 0 Å². The minimum atomic E-state index is -0.872. The first-order valence-electron chi connectivity index (χ1n) is 16.0. The Kier molecular flexibility index (Phi) is 7.15. The number of hydrogen-bond acceptors (Lipinski definition) is 6. The summed E-state index contributed by atoms with van der Waals surface area (Å²) in [5.74, 6) is 1.00. The van der Waals surface area contributed by atoms with Gasteiger partial charge in [-0.1, -0.05) is 34.6 Å². The minimum absolute atomic E-state index is 0.0186. The Morgan fingerprint density at radius 2 is 1.43 bits per heavy atom. The van der Waals surface area contributed by atoms with Crippen LogP contribution in [-0.4, -0.2) is 46.6 Å². The topological polar surface area (TPSA) is 82.1 Å². The molecule has 6 nitrogen and oxygen atoms in total. The molecule has 4 aliphatic carbocycles. The molecule has 0 aromatic carbocycles.